The van der Waals surface area contributed by atoms with E-state index in [0.29, 0.717) is 6.54 Å². The monoisotopic (exact) mass is 254 g/mol. The first-order chi connectivity index (χ1) is 8.13. The third kappa shape index (κ3) is 2.00. The average molecular weight is 254 g/mol. The van der Waals surface area contributed by atoms with Crippen LogP contribution in [0.5, 0.6) is 0 Å². The van der Waals surface area contributed by atoms with Crippen LogP contribution in [0.15, 0.2) is 0 Å². The van der Waals surface area contributed by atoms with Gasteiger partial charge in [0.05, 0.1) is 16.7 Å². The van der Waals surface area contributed by atoms with Crippen molar-refractivity contribution in [3.63, 3.8) is 0 Å². The summed E-state index contributed by atoms with van der Waals surface area (Å²) in [5.41, 5.74) is 5.97. The summed E-state index contributed by atoms with van der Waals surface area (Å²) in [5, 5.41) is 0. The van der Waals surface area contributed by atoms with E-state index in [1.165, 1.54) is 0 Å². The molecule has 2 saturated heterocycles. The van der Waals surface area contributed by atoms with Crippen LogP contribution in [0.4, 0.5) is 0 Å². The molecule has 3 nitrogen and oxygen atoms in total. The Balaban J connectivity index is 2.31. The number of hydrogen-bond acceptors (Lipinski definition) is 3. The van der Waals surface area contributed by atoms with Gasteiger partial charge in [-0.05, 0) is 46.0 Å². The summed E-state index contributed by atoms with van der Waals surface area (Å²) in [6.07, 6.45) is 1.03. The minimum atomic E-state index is -0.172. The molecule has 0 aliphatic carbocycles. The maximum absolute atomic E-state index is 6.30. The lowest BCUT2D eigenvalue weighted by Gasteiger charge is -2.46. The third-order valence-electron chi connectivity index (χ3n) is 5.30. The Bertz CT molecular complexity index is 316. The van der Waals surface area contributed by atoms with Gasteiger partial charge >= 0.3 is 0 Å². The molecule has 3 unspecified atom stereocenters. The highest BCUT2D eigenvalue weighted by Crippen LogP contribution is 2.49. The molecule has 0 spiro atoms. The molecule has 106 valence electrons. The average Bonchev–Trinajstić information content (AvgIpc) is 2.62. The Morgan fingerprint density at radius 1 is 1.11 bits per heavy atom. The van der Waals surface area contributed by atoms with Crippen molar-refractivity contribution < 1.29 is 4.74 Å². The number of rotatable bonds is 2. The summed E-state index contributed by atoms with van der Waals surface area (Å²) in [4.78, 5) is 2.61. The highest BCUT2D eigenvalue weighted by Gasteiger charge is 2.60. The van der Waals surface area contributed by atoms with Gasteiger partial charge in [-0.1, -0.05) is 13.8 Å². The number of likely N-dealkylation sites (tertiary alicyclic amines) is 1. The molecule has 0 amide bonds. The van der Waals surface area contributed by atoms with Crippen LogP contribution in [0.25, 0.3) is 0 Å². The number of nitrogens with zero attached hydrogens (tertiary/aromatic N) is 1. The molecule has 2 rings (SSSR count). The van der Waals surface area contributed by atoms with E-state index in [0.717, 1.165) is 31.3 Å². The number of nitrogens with two attached hydrogens (primary N) is 1. The number of ether oxygens (including phenoxy) is 1. The Hall–Kier alpha value is -0.120. The van der Waals surface area contributed by atoms with E-state index in [9.17, 15) is 0 Å². The molecule has 0 radical (unpaired) electrons. The predicted molar refractivity (Wildman–Crippen MR) is 75.5 cm³/mol. The highest BCUT2D eigenvalue weighted by atomic mass is 16.5. The van der Waals surface area contributed by atoms with Gasteiger partial charge in [-0.15, -0.1) is 0 Å². The van der Waals surface area contributed by atoms with Gasteiger partial charge in [0.15, 0.2) is 0 Å². The van der Waals surface area contributed by atoms with Crippen LogP contribution >= 0.6 is 0 Å². The van der Waals surface area contributed by atoms with Crippen LogP contribution in [-0.2, 0) is 4.74 Å². The molecule has 2 aliphatic rings. The van der Waals surface area contributed by atoms with Crippen molar-refractivity contribution in [3.8, 4) is 0 Å². The van der Waals surface area contributed by atoms with Crippen LogP contribution < -0.4 is 5.73 Å². The Kier molecular flexibility index (Phi) is 3.33. The van der Waals surface area contributed by atoms with Crippen LogP contribution in [0.2, 0.25) is 0 Å². The highest BCUT2D eigenvalue weighted by molar-refractivity contribution is 5.14. The zero-order valence-electron chi connectivity index (χ0n) is 12.9. The molecule has 0 aromatic carbocycles. The smallest absolute Gasteiger partial charge is 0.0830 e. The van der Waals surface area contributed by atoms with Gasteiger partial charge in [-0.2, -0.15) is 0 Å². The van der Waals surface area contributed by atoms with E-state index < -0.39 is 0 Å². The quantitative estimate of drug-likeness (QED) is 0.821. The topological polar surface area (TPSA) is 38.5 Å². The zero-order valence-corrected chi connectivity index (χ0v) is 12.9. The summed E-state index contributed by atoms with van der Waals surface area (Å²) >= 11 is 0. The molecule has 2 N–H and O–H groups in total. The maximum atomic E-state index is 6.30. The number of hydrogen-bond donors (Lipinski definition) is 1. The predicted octanol–water partition coefficient (Wildman–Crippen LogP) is 2.25. The second kappa shape index (κ2) is 4.19. The van der Waals surface area contributed by atoms with Crippen LogP contribution in [0.3, 0.4) is 0 Å². The van der Waals surface area contributed by atoms with E-state index in [1.807, 2.05) is 0 Å². The van der Waals surface area contributed by atoms with E-state index >= 15 is 0 Å². The van der Waals surface area contributed by atoms with Gasteiger partial charge in [0.25, 0.3) is 0 Å². The maximum Gasteiger partial charge on any atom is 0.0830 e. The van der Waals surface area contributed by atoms with Crippen molar-refractivity contribution in [2.45, 2.75) is 64.7 Å². The lowest BCUT2D eigenvalue weighted by atomic mass is 9.77. The van der Waals surface area contributed by atoms with Crippen LogP contribution in [0.1, 0.15) is 48.0 Å². The Morgan fingerprint density at radius 3 is 1.94 bits per heavy atom. The third-order valence-corrected chi connectivity index (χ3v) is 5.30. The molecule has 0 saturated carbocycles. The standard InChI is InChI=1S/C15H30N2O/c1-11-7-17(8-12(11)2)15(10-16)9-13(3,4)18-14(15,5)6/h11-12H,7-10,16H2,1-6H3. The van der Waals surface area contributed by atoms with Crippen molar-refractivity contribution in [3.05, 3.63) is 0 Å². The SMILES string of the molecule is CC1CN(C2(CN)CC(C)(C)OC2(C)C)CC1C. The van der Waals surface area contributed by atoms with Crippen LogP contribution in [0, 0.1) is 11.8 Å². The van der Waals surface area contributed by atoms with Gasteiger partial charge in [0.1, 0.15) is 0 Å². The molecule has 0 bridgehead atoms. The first kappa shape index (κ1) is 14.3. The molecule has 3 heteroatoms. The van der Waals surface area contributed by atoms with Gasteiger partial charge in [-0.3, -0.25) is 4.90 Å². The van der Waals surface area contributed by atoms with Crippen molar-refractivity contribution >= 4 is 0 Å². The summed E-state index contributed by atoms with van der Waals surface area (Å²) in [5.74, 6) is 1.51. The van der Waals surface area contributed by atoms with Crippen molar-refractivity contribution in [1.82, 2.24) is 4.90 Å². The fraction of sp³-hybridized carbons (Fsp3) is 1.00. The van der Waals surface area contributed by atoms with Gasteiger partial charge in [0, 0.05) is 19.6 Å². The fourth-order valence-electron chi connectivity index (χ4n) is 4.16. The summed E-state index contributed by atoms with van der Waals surface area (Å²) < 4.78 is 6.30. The van der Waals surface area contributed by atoms with Crippen molar-refractivity contribution in [2.24, 2.45) is 17.6 Å². The minimum absolute atomic E-state index is 0.00444. The molecular weight excluding hydrogens is 224 g/mol. The van der Waals surface area contributed by atoms with E-state index in [1.54, 1.807) is 0 Å². The summed E-state index contributed by atoms with van der Waals surface area (Å²) in [6, 6.07) is 0. The molecular formula is C15H30N2O. The van der Waals surface area contributed by atoms with E-state index in [2.05, 4.69) is 46.4 Å². The summed E-state index contributed by atoms with van der Waals surface area (Å²) in [6.45, 7) is 16.5. The normalized spacial score (nSPS) is 43.5. The van der Waals surface area contributed by atoms with Crippen LogP contribution in [-0.4, -0.2) is 41.3 Å². The zero-order chi connectivity index (χ0) is 13.8. The molecule has 2 aliphatic heterocycles. The van der Waals surface area contributed by atoms with Crippen molar-refractivity contribution in [2.75, 3.05) is 19.6 Å². The molecule has 2 heterocycles. The summed E-state index contributed by atoms with van der Waals surface area (Å²) in [7, 11) is 0. The molecule has 0 aromatic heterocycles. The Labute approximate surface area is 112 Å². The molecule has 3 atom stereocenters. The van der Waals surface area contributed by atoms with Gasteiger partial charge in [-0.25, -0.2) is 0 Å². The molecule has 18 heavy (non-hydrogen) atoms. The minimum Gasteiger partial charge on any atom is -0.368 e. The second-order valence-electron chi connectivity index (χ2n) is 7.64. The lowest BCUT2D eigenvalue weighted by Crippen LogP contribution is -2.62. The van der Waals surface area contributed by atoms with E-state index in [4.69, 9.17) is 10.5 Å². The lowest BCUT2D eigenvalue weighted by molar-refractivity contribution is -0.101. The fourth-order valence-corrected chi connectivity index (χ4v) is 4.16. The molecule has 2 fully saturated rings. The largest absolute Gasteiger partial charge is 0.368 e. The molecule has 0 aromatic rings. The van der Waals surface area contributed by atoms with Crippen molar-refractivity contribution in [1.29, 1.82) is 0 Å². The van der Waals surface area contributed by atoms with Gasteiger partial charge in [0.2, 0.25) is 0 Å². The van der Waals surface area contributed by atoms with E-state index in [-0.39, 0.29) is 16.7 Å². The Morgan fingerprint density at radius 2 is 1.61 bits per heavy atom. The van der Waals surface area contributed by atoms with Gasteiger partial charge < -0.3 is 10.5 Å². The first-order valence-electron chi connectivity index (χ1n) is 7.29. The second-order valence-corrected chi connectivity index (χ2v) is 7.64. The first-order valence-corrected chi connectivity index (χ1v) is 7.29.